The number of halogens is 3. The van der Waals surface area contributed by atoms with Crippen molar-refractivity contribution in [2.45, 2.75) is 94.6 Å². The van der Waals surface area contributed by atoms with Gasteiger partial charge in [0.15, 0.2) is 5.82 Å². The summed E-state index contributed by atoms with van der Waals surface area (Å²) in [6.45, 7) is 5.33. The van der Waals surface area contributed by atoms with Crippen LogP contribution in [0.3, 0.4) is 0 Å². The number of thioether (sulfide) groups is 1. The number of nitriles is 1. The van der Waals surface area contributed by atoms with E-state index in [1.54, 1.807) is 0 Å². The van der Waals surface area contributed by atoms with E-state index in [1.807, 2.05) is 18.0 Å². The van der Waals surface area contributed by atoms with Crippen molar-refractivity contribution in [2.75, 3.05) is 39.2 Å². The second-order valence-electron chi connectivity index (χ2n) is 15.5. The number of rotatable bonds is 10. The molecule has 3 aliphatic carbocycles. The Morgan fingerprint density at radius 3 is 2.52 bits per heavy atom. The first-order valence-corrected chi connectivity index (χ1v) is 18.6. The molecule has 268 valence electrons. The standard InChI is InChI=1S/C37H46F3N7O2S/c1-20-7-8-22(13-21(2)49-20)15-36(11-12-36)19-48-35-44-30-24(34(45-35)47(5)18-37(46(3)4)9-6-10-37)17-43-31(29(30)40)28-25(38)14-26(39)32-27(28)23(16-41)33(42)50-32/h14,17,20-22,27,32H,6-13,15,18-19,42H2,1-5H3/t20-,21-,22?,27?,32?/m1/s1. The molecule has 4 heterocycles. The average Bonchev–Trinajstić information content (AvgIpc) is 3.76. The number of hydrogen-bond acceptors (Lipinski definition) is 10. The Bertz CT molecular complexity index is 1820. The number of nitrogens with zero attached hydrogens (tertiary/aromatic N) is 6. The summed E-state index contributed by atoms with van der Waals surface area (Å²) in [5.74, 6) is -2.77. The summed E-state index contributed by atoms with van der Waals surface area (Å²) in [6.07, 6.45) is 12.1. The van der Waals surface area contributed by atoms with E-state index in [1.165, 1.54) is 6.20 Å². The minimum Gasteiger partial charge on any atom is -0.463 e. The Balaban J connectivity index is 1.25. The van der Waals surface area contributed by atoms with Crippen LogP contribution >= 0.6 is 11.8 Å². The van der Waals surface area contributed by atoms with Crippen molar-refractivity contribution in [3.8, 4) is 12.1 Å². The molecule has 2 aliphatic heterocycles. The molecule has 2 aromatic heterocycles. The van der Waals surface area contributed by atoms with Gasteiger partial charge in [0.05, 0.1) is 46.1 Å². The highest BCUT2D eigenvalue weighted by Crippen LogP contribution is 2.54. The van der Waals surface area contributed by atoms with Crippen LogP contribution in [0.4, 0.5) is 19.0 Å². The van der Waals surface area contributed by atoms with Gasteiger partial charge < -0.3 is 25.0 Å². The quantitative estimate of drug-likeness (QED) is 0.272. The Labute approximate surface area is 296 Å². The lowest BCUT2D eigenvalue weighted by atomic mass is 9.75. The van der Waals surface area contributed by atoms with E-state index in [0.717, 1.165) is 75.6 Å². The second-order valence-corrected chi connectivity index (χ2v) is 16.7. The van der Waals surface area contributed by atoms with Crippen molar-refractivity contribution in [1.29, 1.82) is 5.26 Å². The molecule has 1 saturated heterocycles. The van der Waals surface area contributed by atoms with Crippen LogP contribution in [0.2, 0.25) is 0 Å². The zero-order chi connectivity index (χ0) is 35.5. The fourth-order valence-corrected chi connectivity index (χ4v) is 9.65. The summed E-state index contributed by atoms with van der Waals surface area (Å²) in [7, 11) is 6.06. The van der Waals surface area contributed by atoms with Crippen LogP contribution in [0.15, 0.2) is 34.5 Å². The largest absolute Gasteiger partial charge is 0.463 e. The average molecular weight is 710 g/mol. The van der Waals surface area contributed by atoms with Gasteiger partial charge in [-0.3, -0.25) is 4.98 Å². The molecule has 2 N–H and O–H groups in total. The van der Waals surface area contributed by atoms with Gasteiger partial charge in [-0.2, -0.15) is 15.2 Å². The van der Waals surface area contributed by atoms with Gasteiger partial charge in [-0.25, -0.2) is 13.2 Å². The van der Waals surface area contributed by atoms with Gasteiger partial charge in [-0.1, -0.05) is 11.8 Å². The maximum Gasteiger partial charge on any atom is 0.319 e. The molecule has 2 saturated carbocycles. The van der Waals surface area contributed by atoms with Crippen LogP contribution < -0.4 is 15.4 Å². The lowest BCUT2D eigenvalue weighted by Gasteiger charge is -2.49. The van der Waals surface area contributed by atoms with E-state index in [4.69, 9.17) is 20.2 Å². The van der Waals surface area contributed by atoms with Crippen LogP contribution in [-0.2, 0) is 4.74 Å². The summed E-state index contributed by atoms with van der Waals surface area (Å²) in [5.41, 5.74) is 5.37. The van der Waals surface area contributed by atoms with Crippen molar-refractivity contribution in [2.24, 2.45) is 23.0 Å². The van der Waals surface area contributed by atoms with Crippen LogP contribution in [0.5, 0.6) is 6.01 Å². The smallest absolute Gasteiger partial charge is 0.319 e. The van der Waals surface area contributed by atoms with Crippen LogP contribution in [-0.4, -0.2) is 77.1 Å². The number of hydrogen-bond donors (Lipinski definition) is 1. The topological polar surface area (TPSA) is 113 Å². The normalized spacial score (nSPS) is 28.6. The molecule has 9 nitrogen and oxygen atoms in total. The molecule has 7 rings (SSSR count). The van der Waals surface area contributed by atoms with Crippen molar-refractivity contribution in [1.82, 2.24) is 19.9 Å². The molecule has 0 amide bonds. The van der Waals surface area contributed by atoms with Gasteiger partial charge in [-0.15, -0.1) is 0 Å². The number of nitrogens with two attached hydrogens (primary N) is 1. The zero-order valence-corrected chi connectivity index (χ0v) is 30.3. The van der Waals surface area contributed by atoms with Crippen molar-refractivity contribution < 1.29 is 22.6 Å². The van der Waals surface area contributed by atoms with Crippen LogP contribution in [0, 0.1) is 34.4 Å². The highest BCUT2D eigenvalue weighted by atomic mass is 32.2. The molecule has 3 fully saturated rings. The molecular weight excluding hydrogens is 664 g/mol. The van der Waals surface area contributed by atoms with Crippen molar-refractivity contribution >= 4 is 34.1 Å². The summed E-state index contributed by atoms with van der Waals surface area (Å²) in [4.78, 5) is 18.1. The molecule has 3 unspecified atom stereocenters. The van der Waals surface area contributed by atoms with E-state index < -0.39 is 28.6 Å². The van der Waals surface area contributed by atoms with Gasteiger partial charge in [-0.05, 0) is 91.6 Å². The molecular formula is C37H46F3N7O2S. The van der Waals surface area contributed by atoms with E-state index in [-0.39, 0.29) is 56.6 Å². The fraction of sp³-hybridized carbons (Fsp3) is 0.622. The summed E-state index contributed by atoms with van der Waals surface area (Å²) in [5, 5.41) is 9.32. The van der Waals surface area contributed by atoms with Gasteiger partial charge in [0.1, 0.15) is 28.7 Å². The van der Waals surface area contributed by atoms with Gasteiger partial charge in [0, 0.05) is 48.3 Å². The molecule has 0 aromatic carbocycles. The van der Waals surface area contributed by atoms with Crippen LogP contribution in [0.25, 0.3) is 16.5 Å². The third-order valence-electron chi connectivity index (χ3n) is 11.7. The van der Waals surface area contributed by atoms with Gasteiger partial charge in [0.2, 0.25) is 0 Å². The van der Waals surface area contributed by atoms with E-state index in [2.05, 4.69) is 42.8 Å². The third-order valence-corrected chi connectivity index (χ3v) is 12.9. The molecule has 13 heteroatoms. The van der Waals surface area contributed by atoms with E-state index in [0.29, 0.717) is 30.3 Å². The zero-order valence-electron chi connectivity index (χ0n) is 29.4. The SMILES string of the molecule is C[C@@H]1CCC(CC2(COc3nc(N(C)CC4(N(C)C)CCC4)c4cnc(C5=C(F)C=C(F)C6SC(N)=C(C#N)C56)c(F)c4n3)CC2)C[C@@H](C)O1. The molecule has 0 bridgehead atoms. The molecule has 5 aliphatic rings. The fourth-order valence-electron chi connectivity index (χ4n) is 8.49. The first-order valence-electron chi connectivity index (χ1n) is 17.7. The summed E-state index contributed by atoms with van der Waals surface area (Å²) >= 11 is 0.930. The maximum absolute atomic E-state index is 16.9. The predicted octanol–water partition coefficient (Wildman–Crippen LogP) is 7.20. The number of fused-ring (bicyclic) bond motifs is 2. The Hall–Kier alpha value is -3.34. The first-order chi connectivity index (χ1) is 23.8. The molecule has 50 heavy (non-hydrogen) atoms. The monoisotopic (exact) mass is 709 g/mol. The number of pyridine rings is 1. The molecule has 5 atom stereocenters. The third kappa shape index (κ3) is 6.36. The second kappa shape index (κ2) is 13.3. The lowest BCUT2D eigenvalue weighted by Crippen LogP contribution is -2.56. The Morgan fingerprint density at radius 2 is 1.86 bits per heavy atom. The number of allylic oxidation sites excluding steroid dienone is 4. The van der Waals surface area contributed by atoms with E-state index in [9.17, 15) is 9.65 Å². The highest BCUT2D eigenvalue weighted by molar-refractivity contribution is 8.04. The summed E-state index contributed by atoms with van der Waals surface area (Å²) < 4.78 is 59.9. The summed E-state index contributed by atoms with van der Waals surface area (Å²) in [6, 6.07) is 2.03. The number of aromatic nitrogens is 3. The molecule has 0 radical (unpaired) electrons. The van der Waals surface area contributed by atoms with E-state index >= 15 is 8.78 Å². The predicted molar refractivity (Wildman–Crippen MR) is 189 cm³/mol. The highest BCUT2D eigenvalue weighted by Gasteiger charge is 2.47. The van der Waals surface area contributed by atoms with Gasteiger partial charge >= 0.3 is 6.01 Å². The van der Waals surface area contributed by atoms with Crippen molar-refractivity contribution in [3.05, 3.63) is 46.0 Å². The minimum atomic E-state index is -1.12. The Morgan fingerprint density at radius 1 is 1.10 bits per heavy atom. The maximum atomic E-state index is 16.9. The number of likely N-dealkylation sites (N-methyl/N-ethyl adjacent to an activating group) is 2. The lowest BCUT2D eigenvalue weighted by molar-refractivity contribution is 0.00988. The number of ether oxygens (including phenoxy) is 2. The van der Waals surface area contributed by atoms with Gasteiger partial charge in [0.25, 0.3) is 0 Å². The molecule has 2 aromatic rings. The number of anilines is 1. The molecule has 0 spiro atoms. The Kier molecular flexibility index (Phi) is 9.35. The van der Waals surface area contributed by atoms with Crippen LogP contribution in [0.1, 0.15) is 77.3 Å². The minimum absolute atomic E-state index is 0.00451. The van der Waals surface area contributed by atoms with Crippen molar-refractivity contribution in [3.63, 3.8) is 0 Å². The first kappa shape index (κ1) is 35.1.